The Hall–Kier alpha value is -2.47. The molecule has 0 spiro atoms. The van der Waals surface area contributed by atoms with E-state index >= 15 is 0 Å². The molecule has 1 aromatic carbocycles. The lowest BCUT2D eigenvalue weighted by molar-refractivity contribution is 0.0955. The lowest BCUT2D eigenvalue weighted by Gasteiger charge is -2.04. The third-order valence-electron chi connectivity index (χ3n) is 3.19. The van der Waals surface area contributed by atoms with Gasteiger partial charge in [0.15, 0.2) is 0 Å². The highest BCUT2D eigenvalue weighted by Gasteiger charge is 2.12. The predicted octanol–water partition coefficient (Wildman–Crippen LogP) is 3.37. The van der Waals surface area contributed by atoms with Crippen LogP contribution in [-0.2, 0) is 6.54 Å². The smallest absolute Gasteiger partial charge is 0.261 e. The highest BCUT2D eigenvalue weighted by molar-refractivity contribution is 7.20. The molecule has 0 fully saturated rings. The van der Waals surface area contributed by atoms with Gasteiger partial charge in [-0.05, 0) is 23.8 Å². The lowest BCUT2D eigenvalue weighted by atomic mass is 10.2. The van der Waals surface area contributed by atoms with Crippen LogP contribution in [0.2, 0.25) is 0 Å². The normalized spacial score (nSPS) is 10.6. The van der Waals surface area contributed by atoms with E-state index < -0.39 is 0 Å². The molecule has 0 saturated heterocycles. The molecule has 1 amide bonds. The van der Waals surface area contributed by atoms with Gasteiger partial charge in [0.05, 0.1) is 12.0 Å². The third-order valence-corrected chi connectivity index (χ3v) is 4.29. The highest BCUT2D eigenvalue weighted by atomic mass is 32.1. The minimum atomic E-state index is -0.313. The van der Waals surface area contributed by atoms with Crippen LogP contribution in [0.5, 0.6) is 5.88 Å². The number of carbonyl (C=O) groups is 1. The van der Waals surface area contributed by atoms with Gasteiger partial charge in [0.25, 0.3) is 5.91 Å². The van der Waals surface area contributed by atoms with Crippen LogP contribution in [0, 0.1) is 5.82 Å². The topological polar surface area (TPSA) is 51.2 Å². The standard InChI is InChI=1S/C16H13FN2O2S/c1-21-15-6-5-10(8-18-15)9-19-16(20)14-7-11-12(17)3-2-4-13(11)22-14/h2-8H,9H2,1H3,(H,19,20). The molecule has 0 atom stereocenters. The Morgan fingerprint density at radius 1 is 1.36 bits per heavy atom. The molecule has 0 bridgehead atoms. The second kappa shape index (κ2) is 6.11. The van der Waals surface area contributed by atoms with E-state index in [-0.39, 0.29) is 11.7 Å². The van der Waals surface area contributed by atoms with Crippen molar-refractivity contribution in [1.29, 1.82) is 0 Å². The van der Waals surface area contributed by atoms with Crippen molar-refractivity contribution in [3.63, 3.8) is 0 Å². The zero-order chi connectivity index (χ0) is 15.5. The minimum absolute atomic E-state index is 0.226. The fraction of sp³-hybridized carbons (Fsp3) is 0.125. The number of ether oxygens (including phenoxy) is 1. The monoisotopic (exact) mass is 316 g/mol. The van der Waals surface area contributed by atoms with Crippen LogP contribution in [0.1, 0.15) is 15.2 Å². The summed E-state index contributed by atoms with van der Waals surface area (Å²) < 4.78 is 19.4. The van der Waals surface area contributed by atoms with Gasteiger partial charge in [0.1, 0.15) is 5.82 Å². The summed E-state index contributed by atoms with van der Waals surface area (Å²) in [5.41, 5.74) is 0.862. The lowest BCUT2D eigenvalue weighted by Crippen LogP contribution is -2.21. The first kappa shape index (κ1) is 14.5. The van der Waals surface area contributed by atoms with E-state index in [4.69, 9.17) is 4.74 Å². The molecule has 0 unspecified atom stereocenters. The Kier molecular flexibility index (Phi) is 4.02. The number of pyridine rings is 1. The Bertz CT molecular complexity index is 815. The maximum absolute atomic E-state index is 13.6. The van der Waals surface area contributed by atoms with Crippen molar-refractivity contribution in [1.82, 2.24) is 10.3 Å². The van der Waals surface area contributed by atoms with Crippen LogP contribution >= 0.6 is 11.3 Å². The van der Waals surface area contributed by atoms with Crippen molar-refractivity contribution in [3.05, 3.63) is 58.9 Å². The number of amides is 1. The number of benzene rings is 1. The molecule has 2 heterocycles. The van der Waals surface area contributed by atoms with Crippen molar-refractivity contribution >= 4 is 27.3 Å². The molecule has 3 aromatic rings. The van der Waals surface area contributed by atoms with Crippen molar-refractivity contribution in [2.45, 2.75) is 6.54 Å². The number of methoxy groups -OCH3 is 1. The molecule has 2 aromatic heterocycles. The summed E-state index contributed by atoms with van der Waals surface area (Å²) in [4.78, 5) is 16.7. The molecular formula is C16H13FN2O2S. The summed E-state index contributed by atoms with van der Waals surface area (Å²) in [6.45, 7) is 0.354. The van der Waals surface area contributed by atoms with Crippen molar-refractivity contribution in [2.24, 2.45) is 0 Å². The summed E-state index contributed by atoms with van der Waals surface area (Å²) in [5.74, 6) is -0.0152. The molecule has 0 aliphatic carbocycles. The van der Waals surface area contributed by atoms with Crippen LogP contribution in [0.25, 0.3) is 10.1 Å². The van der Waals surface area contributed by atoms with Crippen LogP contribution < -0.4 is 10.1 Å². The van der Waals surface area contributed by atoms with Gasteiger partial charge in [-0.1, -0.05) is 12.1 Å². The molecule has 4 nitrogen and oxygen atoms in total. The Labute approximate surface area is 130 Å². The van der Waals surface area contributed by atoms with E-state index in [2.05, 4.69) is 10.3 Å². The molecule has 0 radical (unpaired) electrons. The summed E-state index contributed by atoms with van der Waals surface area (Å²) in [7, 11) is 1.55. The van der Waals surface area contributed by atoms with E-state index in [1.54, 1.807) is 37.6 Å². The molecule has 22 heavy (non-hydrogen) atoms. The van der Waals surface area contributed by atoms with E-state index in [0.717, 1.165) is 10.3 Å². The van der Waals surface area contributed by atoms with E-state index in [9.17, 15) is 9.18 Å². The number of fused-ring (bicyclic) bond motifs is 1. The maximum atomic E-state index is 13.6. The minimum Gasteiger partial charge on any atom is -0.481 e. The largest absolute Gasteiger partial charge is 0.481 e. The maximum Gasteiger partial charge on any atom is 0.261 e. The van der Waals surface area contributed by atoms with Crippen molar-refractivity contribution < 1.29 is 13.9 Å². The van der Waals surface area contributed by atoms with E-state index in [1.807, 2.05) is 6.07 Å². The van der Waals surface area contributed by atoms with Gasteiger partial charge in [0.2, 0.25) is 5.88 Å². The number of halogens is 1. The number of nitrogens with zero attached hydrogens (tertiary/aromatic N) is 1. The average Bonchev–Trinajstić information content (AvgIpc) is 2.99. The molecule has 6 heteroatoms. The fourth-order valence-electron chi connectivity index (χ4n) is 2.04. The number of aromatic nitrogens is 1. The zero-order valence-electron chi connectivity index (χ0n) is 11.8. The van der Waals surface area contributed by atoms with Crippen molar-refractivity contribution in [3.8, 4) is 5.88 Å². The third kappa shape index (κ3) is 2.92. The Morgan fingerprint density at radius 3 is 2.91 bits per heavy atom. The first-order valence-electron chi connectivity index (χ1n) is 6.62. The van der Waals surface area contributed by atoms with Gasteiger partial charge in [-0.2, -0.15) is 0 Å². The SMILES string of the molecule is COc1ccc(CNC(=O)c2cc3c(F)cccc3s2)cn1. The zero-order valence-corrected chi connectivity index (χ0v) is 12.6. The van der Waals surface area contributed by atoms with Crippen LogP contribution in [0.3, 0.4) is 0 Å². The number of hydrogen-bond acceptors (Lipinski definition) is 4. The Morgan fingerprint density at radius 2 is 2.23 bits per heavy atom. The number of rotatable bonds is 4. The van der Waals surface area contributed by atoms with Crippen LogP contribution in [0.4, 0.5) is 4.39 Å². The molecule has 3 rings (SSSR count). The predicted molar refractivity (Wildman–Crippen MR) is 83.7 cm³/mol. The van der Waals surface area contributed by atoms with Gasteiger partial charge in [0, 0.05) is 28.9 Å². The quantitative estimate of drug-likeness (QED) is 0.803. The summed E-state index contributed by atoms with van der Waals surface area (Å²) in [6, 6.07) is 9.97. The fourth-order valence-corrected chi connectivity index (χ4v) is 3.03. The van der Waals surface area contributed by atoms with Gasteiger partial charge < -0.3 is 10.1 Å². The second-order valence-electron chi connectivity index (χ2n) is 4.65. The first-order valence-corrected chi connectivity index (χ1v) is 7.44. The summed E-state index contributed by atoms with van der Waals surface area (Å²) in [6.07, 6.45) is 1.64. The van der Waals surface area contributed by atoms with Gasteiger partial charge in [-0.15, -0.1) is 11.3 Å². The van der Waals surface area contributed by atoms with E-state index in [0.29, 0.717) is 22.7 Å². The van der Waals surface area contributed by atoms with Gasteiger partial charge >= 0.3 is 0 Å². The number of thiophene rings is 1. The summed E-state index contributed by atoms with van der Waals surface area (Å²) in [5, 5.41) is 3.28. The van der Waals surface area contributed by atoms with E-state index in [1.165, 1.54) is 17.4 Å². The van der Waals surface area contributed by atoms with Gasteiger partial charge in [-0.25, -0.2) is 9.37 Å². The molecule has 112 valence electrons. The Balaban J connectivity index is 1.71. The molecule has 0 saturated carbocycles. The van der Waals surface area contributed by atoms with Crippen LogP contribution in [0.15, 0.2) is 42.6 Å². The highest BCUT2D eigenvalue weighted by Crippen LogP contribution is 2.27. The van der Waals surface area contributed by atoms with Crippen molar-refractivity contribution in [2.75, 3.05) is 7.11 Å². The second-order valence-corrected chi connectivity index (χ2v) is 5.74. The first-order chi connectivity index (χ1) is 10.7. The average molecular weight is 316 g/mol. The molecular weight excluding hydrogens is 303 g/mol. The number of carbonyl (C=O) groups excluding carboxylic acids is 1. The number of hydrogen-bond donors (Lipinski definition) is 1. The van der Waals surface area contributed by atoms with Gasteiger partial charge in [-0.3, -0.25) is 4.79 Å². The summed E-state index contributed by atoms with van der Waals surface area (Å²) >= 11 is 1.27. The van der Waals surface area contributed by atoms with Crippen LogP contribution in [-0.4, -0.2) is 18.0 Å². The molecule has 0 aliphatic heterocycles. The molecule has 0 aliphatic rings. The molecule has 1 N–H and O–H groups in total. The number of nitrogens with one attached hydrogen (secondary N) is 1.